The van der Waals surface area contributed by atoms with Gasteiger partial charge in [0.2, 0.25) is 5.91 Å². The van der Waals surface area contributed by atoms with Gasteiger partial charge in [0.25, 0.3) is 0 Å². The van der Waals surface area contributed by atoms with Gasteiger partial charge in [-0.05, 0) is 56.0 Å². The monoisotopic (exact) mass is 374 g/mol. The number of para-hydroxylation sites is 1. The summed E-state index contributed by atoms with van der Waals surface area (Å²) >= 11 is 0. The number of amides is 1. The summed E-state index contributed by atoms with van der Waals surface area (Å²) in [7, 11) is 0. The molecule has 6 nitrogen and oxygen atoms in total. The van der Waals surface area contributed by atoms with Crippen molar-refractivity contribution < 1.29 is 9.90 Å². The van der Waals surface area contributed by atoms with Crippen LogP contribution in [-0.2, 0) is 4.79 Å². The quantitative estimate of drug-likeness (QED) is 0.684. The fourth-order valence-corrected chi connectivity index (χ4v) is 4.89. The van der Waals surface area contributed by atoms with Crippen LogP contribution in [0.4, 0.5) is 0 Å². The number of aromatic amines is 1. The molecule has 3 aromatic rings. The molecule has 5 rings (SSSR count). The molecule has 1 aromatic carbocycles. The lowest BCUT2D eigenvalue weighted by atomic mass is 9.65. The third-order valence-corrected chi connectivity index (χ3v) is 6.31. The van der Waals surface area contributed by atoms with E-state index in [1.807, 2.05) is 23.1 Å². The largest absolute Gasteiger partial charge is 0.507 e. The van der Waals surface area contributed by atoms with E-state index in [2.05, 4.69) is 27.8 Å². The molecule has 142 valence electrons. The fourth-order valence-electron chi connectivity index (χ4n) is 4.89. The fraction of sp³-hybridized carbons (Fsp3) is 0.318. The van der Waals surface area contributed by atoms with Gasteiger partial charge in [0.15, 0.2) is 5.65 Å². The zero-order chi connectivity index (χ0) is 19.3. The number of nitrogens with one attached hydrogen (secondary N) is 1. The van der Waals surface area contributed by atoms with Crippen LogP contribution in [0.15, 0.2) is 49.1 Å². The summed E-state index contributed by atoms with van der Waals surface area (Å²) in [6, 6.07) is 11.2. The van der Waals surface area contributed by atoms with Gasteiger partial charge in [-0.1, -0.05) is 18.7 Å². The lowest BCUT2D eigenvalue weighted by molar-refractivity contribution is -0.133. The van der Waals surface area contributed by atoms with Gasteiger partial charge in [-0.3, -0.25) is 4.79 Å². The van der Waals surface area contributed by atoms with Gasteiger partial charge in [-0.2, -0.15) is 0 Å². The molecule has 1 spiro atoms. The van der Waals surface area contributed by atoms with Gasteiger partial charge in [0.1, 0.15) is 5.75 Å². The Bertz CT molecular complexity index is 1080. The maximum absolute atomic E-state index is 12.2. The number of phenols is 1. The Morgan fingerprint density at radius 3 is 2.89 bits per heavy atom. The van der Waals surface area contributed by atoms with Crippen LogP contribution in [0.2, 0.25) is 0 Å². The number of carbonyl (C=O) groups is 1. The Morgan fingerprint density at radius 1 is 1.29 bits per heavy atom. The summed E-state index contributed by atoms with van der Waals surface area (Å²) < 4.78 is 0. The minimum atomic E-state index is -0.0000974. The van der Waals surface area contributed by atoms with E-state index in [9.17, 15) is 9.90 Å². The predicted octanol–water partition coefficient (Wildman–Crippen LogP) is 3.76. The van der Waals surface area contributed by atoms with Crippen molar-refractivity contribution in [2.45, 2.75) is 37.1 Å². The molecule has 28 heavy (non-hydrogen) atoms. The van der Waals surface area contributed by atoms with Gasteiger partial charge in [-0.25, -0.2) is 0 Å². The summed E-state index contributed by atoms with van der Waals surface area (Å²) in [6.45, 7) is 4.48. The molecule has 1 saturated carbocycles. The van der Waals surface area contributed by atoms with Crippen LogP contribution in [0.1, 0.15) is 37.3 Å². The Labute approximate surface area is 162 Å². The van der Waals surface area contributed by atoms with Crippen molar-refractivity contribution >= 4 is 16.9 Å². The number of fused-ring (bicyclic) bond motifs is 1. The van der Waals surface area contributed by atoms with Crippen molar-refractivity contribution in [2.75, 3.05) is 6.54 Å². The topological polar surface area (TPSA) is 82.1 Å². The van der Waals surface area contributed by atoms with Crippen molar-refractivity contribution in [1.82, 2.24) is 20.1 Å². The normalized spacial score (nSPS) is 23.9. The van der Waals surface area contributed by atoms with Gasteiger partial charge in [0.05, 0.1) is 5.69 Å². The minimum Gasteiger partial charge on any atom is -0.507 e. The van der Waals surface area contributed by atoms with Crippen LogP contribution in [-0.4, -0.2) is 43.2 Å². The summed E-state index contributed by atoms with van der Waals surface area (Å²) in [5.41, 5.74) is 3.22. The Balaban J connectivity index is 1.40. The van der Waals surface area contributed by atoms with Gasteiger partial charge >= 0.3 is 0 Å². The van der Waals surface area contributed by atoms with E-state index >= 15 is 0 Å². The first-order valence-electron chi connectivity index (χ1n) is 9.68. The van der Waals surface area contributed by atoms with Crippen molar-refractivity contribution in [2.24, 2.45) is 0 Å². The Kier molecular flexibility index (Phi) is 3.75. The van der Waals surface area contributed by atoms with E-state index < -0.39 is 0 Å². The number of phenolic OH excluding ortho intramolecular Hbond substituents is 1. The molecule has 1 aliphatic heterocycles. The lowest BCUT2D eigenvalue weighted by Gasteiger charge is -2.50. The molecular formula is C22H22N4O2. The number of rotatable bonds is 3. The van der Waals surface area contributed by atoms with Crippen LogP contribution in [0, 0.1) is 0 Å². The zero-order valence-electron chi connectivity index (χ0n) is 15.6. The molecule has 1 saturated heterocycles. The summed E-state index contributed by atoms with van der Waals surface area (Å²) in [4.78, 5) is 17.6. The second-order valence-electron chi connectivity index (χ2n) is 7.90. The summed E-state index contributed by atoms with van der Waals surface area (Å²) in [5.74, 6) is 0.632. The van der Waals surface area contributed by atoms with Crippen LogP contribution in [0.3, 0.4) is 0 Å². The van der Waals surface area contributed by atoms with Gasteiger partial charge < -0.3 is 15.0 Å². The Morgan fingerprint density at radius 2 is 2.11 bits per heavy atom. The second-order valence-corrected chi connectivity index (χ2v) is 7.90. The highest BCUT2D eigenvalue weighted by Gasteiger charge is 2.52. The molecule has 3 heterocycles. The molecule has 1 aliphatic carbocycles. The van der Waals surface area contributed by atoms with E-state index in [1.165, 1.54) is 6.08 Å². The highest BCUT2D eigenvalue weighted by Crippen LogP contribution is 2.53. The van der Waals surface area contributed by atoms with E-state index in [4.69, 9.17) is 0 Å². The molecule has 2 N–H and O–H groups in total. The predicted molar refractivity (Wildman–Crippen MR) is 107 cm³/mol. The number of hydrogen-bond acceptors (Lipinski definition) is 4. The second kappa shape index (κ2) is 6.19. The zero-order valence-corrected chi connectivity index (χ0v) is 15.6. The maximum Gasteiger partial charge on any atom is 0.246 e. The van der Waals surface area contributed by atoms with E-state index in [0.717, 1.165) is 49.0 Å². The molecular weight excluding hydrogens is 352 g/mol. The van der Waals surface area contributed by atoms with E-state index in [-0.39, 0.29) is 17.2 Å². The molecule has 0 unspecified atom stereocenters. The van der Waals surface area contributed by atoms with Crippen molar-refractivity contribution in [3.05, 3.63) is 54.7 Å². The number of hydrogen-bond donors (Lipinski definition) is 2. The van der Waals surface area contributed by atoms with Crippen LogP contribution < -0.4 is 0 Å². The average Bonchev–Trinajstić information content (AvgIpc) is 3.30. The molecule has 1 amide bonds. The highest BCUT2D eigenvalue weighted by molar-refractivity contribution is 5.88. The van der Waals surface area contributed by atoms with Gasteiger partial charge in [-0.15, -0.1) is 10.2 Å². The van der Waals surface area contributed by atoms with Crippen molar-refractivity contribution in [1.29, 1.82) is 0 Å². The number of H-pyrrole nitrogens is 1. The first kappa shape index (κ1) is 17.0. The number of carbonyl (C=O) groups excluding carboxylic acids is 1. The third kappa shape index (κ3) is 2.52. The Hall–Kier alpha value is -3.15. The standard InChI is InChI=1S/C22H22N4O2/c1-2-20(28)26-9-5-8-22(26)12-15(13-22)17-10-14-11-18(24-25-21(14)23-17)16-6-3-4-7-19(16)27/h2-4,6-7,10-11,15,27H,1,5,8-9,12-13H2,(H,23,25). The molecule has 2 aliphatic rings. The highest BCUT2D eigenvalue weighted by atomic mass is 16.3. The summed E-state index contributed by atoms with van der Waals surface area (Å²) in [6.07, 6.45) is 5.51. The number of nitrogens with zero attached hydrogens (tertiary/aromatic N) is 3. The van der Waals surface area contributed by atoms with E-state index in [0.29, 0.717) is 17.2 Å². The lowest BCUT2D eigenvalue weighted by Crippen LogP contribution is -2.54. The SMILES string of the molecule is C=CC(=O)N1CCCC12CC(c1cc3cc(-c4ccccc4O)nnc3[nH]1)C2. The average molecular weight is 374 g/mol. The number of likely N-dealkylation sites (tertiary alicyclic amines) is 1. The molecule has 6 heteroatoms. The van der Waals surface area contributed by atoms with Crippen LogP contribution in [0.25, 0.3) is 22.3 Å². The number of benzene rings is 1. The first-order valence-corrected chi connectivity index (χ1v) is 9.68. The summed E-state index contributed by atoms with van der Waals surface area (Å²) in [5, 5.41) is 19.6. The van der Waals surface area contributed by atoms with Crippen LogP contribution in [0.5, 0.6) is 5.75 Å². The smallest absolute Gasteiger partial charge is 0.246 e. The molecule has 0 radical (unpaired) electrons. The third-order valence-electron chi connectivity index (χ3n) is 6.31. The first-order chi connectivity index (χ1) is 13.6. The van der Waals surface area contributed by atoms with E-state index in [1.54, 1.807) is 12.1 Å². The number of aromatic nitrogens is 3. The molecule has 2 aromatic heterocycles. The molecule has 0 atom stereocenters. The number of aromatic hydroxyl groups is 1. The van der Waals surface area contributed by atoms with Crippen molar-refractivity contribution in [3.63, 3.8) is 0 Å². The minimum absolute atomic E-state index is 0.0000974. The van der Waals surface area contributed by atoms with Crippen LogP contribution >= 0.6 is 0 Å². The van der Waals surface area contributed by atoms with Gasteiger partial charge in [0, 0.05) is 34.6 Å². The molecule has 2 fully saturated rings. The maximum atomic E-state index is 12.2. The van der Waals surface area contributed by atoms with Crippen molar-refractivity contribution in [3.8, 4) is 17.0 Å². The molecule has 0 bridgehead atoms.